The van der Waals surface area contributed by atoms with Crippen LogP contribution in [0, 0.1) is 23.2 Å². The van der Waals surface area contributed by atoms with Crippen molar-refractivity contribution < 1.29 is 0 Å². The lowest BCUT2D eigenvalue weighted by Crippen LogP contribution is -2.09. The van der Waals surface area contributed by atoms with E-state index in [-0.39, 0.29) is 5.92 Å². The van der Waals surface area contributed by atoms with Gasteiger partial charge in [-0.15, -0.1) is 0 Å². The Kier molecular flexibility index (Phi) is 12.3. The summed E-state index contributed by atoms with van der Waals surface area (Å²) in [6.07, 6.45) is 3.29. The summed E-state index contributed by atoms with van der Waals surface area (Å²) in [6.45, 7) is 10.4. The lowest BCUT2D eigenvalue weighted by Gasteiger charge is -2.16. The smallest absolute Gasteiger partial charge is 0.0658 e. The van der Waals surface area contributed by atoms with Crippen LogP contribution in [0.2, 0.25) is 0 Å². The summed E-state index contributed by atoms with van der Waals surface area (Å²) in [5.74, 6) is 0.907. The molecule has 0 heterocycles. The van der Waals surface area contributed by atoms with E-state index in [0.717, 1.165) is 19.3 Å². The van der Waals surface area contributed by atoms with Crippen LogP contribution < -0.4 is 0 Å². The number of hydrogen-bond donors (Lipinski definition) is 0. The first-order chi connectivity index (χ1) is 5.79. The summed E-state index contributed by atoms with van der Waals surface area (Å²) in [7, 11) is 0. The molecule has 12 heavy (non-hydrogen) atoms. The normalized spacial score (nSPS) is 11.4. The van der Waals surface area contributed by atoms with E-state index < -0.39 is 0 Å². The molecule has 0 saturated heterocycles. The zero-order valence-corrected chi connectivity index (χ0v) is 9.22. The molecular formula is C11H23N. The van der Waals surface area contributed by atoms with Gasteiger partial charge < -0.3 is 0 Å². The Bertz CT molecular complexity index is 109. The summed E-state index contributed by atoms with van der Waals surface area (Å²) in [6, 6.07) is 2.35. The lowest BCUT2D eigenvalue weighted by molar-refractivity contribution is 0.370. The third kappa shape index (κ3) is 5.18. The Morgan fingerprint density at radius 2 is 1.42 bits per heavy atom. The van der Waals surface area contributed by atoms with Crippen LogP contribution in [0.25, 0.3) is 0 Å². The van der Waals surface area contributed by atoms with Gasteiger partial charge >= 0.3 is 0 Å². The van der Waals surface area contributed by atoms with Crippen molar-refractivity contribution in [2.24, 2.45) is 11.8 Å². The fourth-order valence-corrected chi connectivity index (χ4v) is 1.39. The van der Waals surface area contributed by atoms with Crippen LogP contribution in [0.3, 0.4) is 0 Å². The Labute approximate surface area is 77.8 Å². The molecule has 0 saturated carbocycles. The predicted molar refractivity (Wildman–Crippen MR) is 54.8 cm³/mol. The third-order valence-corrected chi connectivity index (χ3v) is 2.22. The minimum Gasteiger partial charge on any atom is -0.198 e. The van der Waals surface area contributed by atoms with Crippen molar-refractivity contribution in [3.05, 3.63) is 0 Å². The molecule has 0 aliphatic rings. The van der Waals surface area contributed by atoms with Gasteiger partial charge in [-0.2, -0.15) is 5.26 Å². The maximum atomic E-state index is 8.71. The molecular weight excluding hydrogens is 146 g/mol. The van der Waals surface area contributed by atoms with Gasteiger partial charge in [0.15, 0.2) is 0 Å². The number of nitrogens with zero attached hydrogens (tertiary/aromatic N) is 1. The Morgan fingerprint density at radius 3 is 1.50 bits per heavy atom. The molecule has 72 valence electrons. The highest BCUT2D eigenvalue weighted by molar-refractivity contribution is 4.85. The van der Waals surface area contributed by atoms with Crippen molar-refractivity contribution in [2.45, 2.75) is 53.9 Å². The molecule has 1 nitrogen and oxygen atoms in total. The highest BCUT2D eigenvalue weighted by Crippen LogP contribution is 2.21. The standard InChI is InChI=1S/C9H17N.C2H6/c1-4-8(5-2)9(6-3)7-10;1-2/h8-9H,4-6H2,1-3H3;1-2H3. The van der Waals surface area contributed by atoms with Gasteiger partial charge in [0.25, 0.3) is 0 Å². The van der Waals surface area contributed by atoms with Crippen molar-refractivity contribution in [3.8, 4) is 6.07 Å². The minimum absolute atomic E-state index is 0.287. The lowest BCUT2D eigenvalue weighted by atomic mass is 9.87. The van der Waals surface area contributed by atoms with Crippen LogP contribution in [-0.2, 0) is 0 Å². The van der Waals surface area contributed by atoms with E-state index >= 15 is 0 Å². The molecule has 0 aromatic carbocycles. The van der Waals surface area contributed by atoms with E-state index in [2.05, 4.69) is 26.8 Å². The zero-order chi connectivity index (χ0) is 9.98. The van der Waals surface area contributed by atoms with Crippen LogP contribution in [0.1, 0.15) is 53.9 Å². The van der Waals surface area contributed by atoms with Crippen molar-refractivity contribution in [1.29, 1.82) is 5.26 Å². The van der Waals surface area contributed by atoms with E-state index in [0.29, 0.717) is 5.92 Å². The average molecular weight is 169 g/mol. The maximum Gasteiger partial charge on any atom is 0.0658 e. The van der Waals surface area contributed by atoms with Crippen LogP contribution >= 0.6 is 0 Å². The molecule has 0 radical (unpaired) electrons. The molecule has 0 rings (SSSR count). The second kappa shape index (κ2) is 10.5. The molecule has 0 fully saturated rings. The molecule has 0 aromatic heterocycles. The molecule has 0 aromatic rings. The van der Waals surface area contributed by atoms with Crippen LogP contribution in [0.4, 0.5) is 0 Å². The largest absolute Gasteiger partial charge is 0.198 e. The van der Waals surface area contributed by atoms with Gasteiger partial charge in [-0.3, -0.25) is 0 Å². The van der Waals surface area contributed by atoms with Crippen LogP contribution in [0.15, 0.2) is 0 Å². The number of hydrogen-bond acceptors (Lipinski definition) is 1. The molecule has 0 aliphatic heterocycles. The van der Waals surface area contributed by atoms with Gasteiger partial charge in [-0.05, 0) is 12.3 Å². The highest BCUT2D eigenvalue weighted by atomic mass is 14.3. The molecule has 1 heteroatoms. The second-order valence-electron chi connectivity index (χ2n) is 2.72. The van der Waals surface area contributed by atoms with Crippen LogP contribution in [0.5, 0.6) is 0 Å². The Balaban J connectivity index is 0. The van der Waals surface area contributed by atoms with E-state index in [4.69, 9.17) is 5.26 Å². The van der Waals surface area contributed by atoms with Crippen molar-refractivity contribution in [2.75, 3.05) is 0 Å². The minimum atomic E-state index is 0.287. The summed E-state index contributed by atoms with van der Waals surface area (Å²) in [5.41, 5.74) is 0. The molecule has 0 aliphatic carbocycles. The third-order valence-electron chi connectivity index (χ3n) is 2.22. The Hall–Kier alpha value is -0.510. The molecule has 0 bridgehead atoms. The van der Waals surface area contributed by atoms with E-state index in [1.165, 1.54) is 0 Å². The number of rotatable bonds is 4. The predicted octanol–water partition coefficient (Wildman–Crippen LogP) is 4.00. The molecule has 1 unspecified atom stereocenters. The van der Waals surface area contributed by atoms with E-state index in [1.54, 1.807) is 0 Å². The van der Waals surface area contributed by atoms with Gasteiger partial charge in [0.2, 0.25) is 0 Å². The first-order valence-electron chi connectivity index (χ1n) is 5.19. The molecule has 0 N–H and O–H groups in total. The van der Waals surface area contributed by atoms with E-state index in [1.807, 2.05) is 13.8 Å². The monoisotopic (exact) mass is 169 g/mol. The van der Waals surface area contributed by atoms with Crippen molar-refractivity contribution in [1.82, 2.24) is 0 Å². The number of nitriles is 1. The fraction of sp³-hybridized carbons (Fsp3) is 0.909. The summed E-state index contributed by atoms with van der Waals surface area (Å²) in [4.78, 5) is 0. The van der Waals surface area contributed by atoms with Gasteiger partial charge in [-0.1, -0.05) is 47.5 Å². The zero-order valence-electron chi connectivity index (χ0n) is 9.22. The van der Waals surface area contributed by atoms with Gasteiger partial charge in [0, 0.05) is 5.92 Å². The molecule has 1 atom stereocenters. The SMILES string of the molecule is CC.CCC(C#N)C(CC)CC. The second-order valence-corrected chi connectivity index (χ2v) is 2.72. The van der Waals surface area contributed by atoms with Crippen LogP contribution in [-0.4, -0.2) is 0 Å². The summed E-state index contributed by atoms with van der Waals surface area (Å²) < 4.78 is 0. The van der Waals surface area contributed by atoms with Crippen molar-refractivity contribution in [3.63, 3.8) is 0 Å². The highest BCUT2D eigenvalue weighted by Gasteiger charge is 2.14. The molecule has 0 spiro atoms. The summed E-state index contributed by atoms with van der Waals surface area (Å²) in [5, 5.41) is 8.71. The van der Waals surface area contributed by atoms with Gasteiger partial charge in [-0.25, -0.2) is 0 Å². The Morgan fingerprint density at radius 1 is 1.00 bits per heavy atom. The fourth-order valence-electron chi connectivity index (χ4n) is 1.39. The van der Waals surface area contributed by atoms with Gasteiger partial charge in [0.05, 0.1) is 6.07 Å². The van der Waals surface area contributed by atoms with Crippen molar-refractivity contribution >= 4 is 0 Å². The maximum absolute atomic E-state index is 8.71. The molecule has 0 amide bonds. The summed E-state index contributed by atoms with van der Waals surface area (Å²) >= 11 is 0. The first-order valence-corrected chi connectivity index (χ1v) is 5.19. The van der Waals surface area contributed by atoms with Gasteiger partial charge in [0.1, 0.15) is 0 Å². The van der Waals surface area contributed by atoms with E-state index in [9.17, 15) is 0 Å². The first kappa shape index (κ1) is 14.0. The average Bonchev–Trinajstić information content (AvgIpc) is 2.17. The quantitative estimate of drug-likeness (QED) is 0.624. The topological polar surface area (TPSA) is 23.8 Å².